The maximum atomic E-state index is 13.7. The van der Waals surface area contributed by atoms with Gasteiger partial charge in [-0.05, 0) is 73.9 Å². The van der Waals surface area contributed by atoms with Crippen LogP contribution in [0.4, 0.5) is 0 Å². The molecule has 0 bridgehead atoms. The van der Waals surface area contributed by atoms with Crippen molar-refractivity contribution in [3.63, 3.8) is 0 Å². The van der Waals surface area contributed by atoms with Gasteiger partial charge < -0.3 is 4.42 Å². The summed E-state index contributed by atoms with van der Waals surface area (Å²) >= 11 is 1.26. The Bertz CT molecular complexity index is 1910. The van der Waals surface area contributed by atoms with Crippen molar-refractivity contribution in [2.45, 2.75) is 66.8 Å². The van der Waals surface area contributed by atoms with Crippen LogP contribution in [0.2, 0.25) is 0 Å². The second-order valence-electron chi connectivity index (χ2n) is 11.8. The number of aromatic nitrogens is 1. The van der Waals surface area contributed by atoms with Crippen LogP contribution in [-0.4, -0.2) is 36.2 Å². The molecule has 4 aromatic rings. The summed E-state index contributed by atoms with van der Waals surface area (Å²) in [4.78, 5) is 26.9. The van der Waals surface area contributed by atoms with Gasteiger partial charge in [0, 0.05) is 36.2 Å². The Balaban J connectivity index is 1.75. The number of Topliss-reactive ketones (excluding diaryl/α,β-unsaturated/α-hetero) is 1. The number of ketones is 1. The number of carbonyl (C=O) groups excluding carboxylic acids is 1. The summed E-state index contributed by atoms with van der Waals surface area (Å²) in [6.45, 7) is 16.5. The van der Waals surface area contributed by atoms with E-state index in [0.717, 1.165) is 27.8 Å². The van der Waals surface area contributed by atoms with Crippen LogP contribution < -0.4 is 14.8 Å². The smallest absolute Gasteiger partial charge is 0.269 e. The third kappa shape index (κ3) is 7.00. The lowest BCUT2D eigenvalue weighted by molar-refractivity contribution is -0.120. The van der Waals surface area contributed by atoms with Crippen LogP contribution >= 0.6 is 11.3 Å². The average molecular weight is 621 g/mol. The molecular formula is C34H40N2O5S2. The third-order valence-corrected chi connectivity index (χ3v) is 10.6. The molecule has 43 heavy (non-hydrogen) atoms. The minimum absolute atomic E-state index is 0.0573. The van der Waals surface area contributed by atoms with Gasteiger partial charge in [-0.1, -0.05) is 52.3 Å². The minimum atomic E-state index is -3.56. The first-order chi connectivity index (χ1) is 20.1. The maximum Gasteiger partial charge on any atom is 0.269 e. The van der Waals surface area contributed by atoms with Gasteiger partial charge in [-0.15, -0.1) is 11.3 Å². The lowest BCUT2D eigenvalue weighted by atomic mass is 9.91. The molecule has 0 aliphatic carbocycles. The minimum Gasteiger partial charge on any atom is -0.457 e. The largest absolute Gasteiger partial charge is 0.457 e. The molecule has 2 aromatic heterocycles. The molecule has 9 heteroatoms. The van der Waals surface area contributed by atoms with Crippen molar-refractivity contribution >= 4 is 39.3 Å². The summed E-state index contributed by atoms with van der Waals surface area (Å²) in [5, 5.41) is 0. The predicted octanol–water partition coefficient (Wildman–Crippen LogP) is 5.40. The van der Waals surface area contributed by atoms with E-state index in [9.17, 15) is 18.0 Å². The standard InChI is InChI=1S/C34H40N2O5S2/c1-9-35(10-2)43(39,40)27-14-11-25(12-15-27)29-16-13-26(41-29)19-30-33(38)36(32(42-30)20-31(37)34(6,7)8)21-28-23(4)17-22(3)18-24(28)5/h11-20H,9-10,21H2,1-8H3/b30-19-,32-20+. The molecule has 7 nitrogen and oxygen atoms in total. The Hall–Kier alpha value is -3.53. The fourth-order valence-electron chi connectivity index (χ4n) is 4.96. The molecule has 0 unspecified atom stereocenters. The molecule has 0 aliphatic heterocycles. The molecule has 2 aromatic carbocycles. The molecule has 0 radical (unpaired) electrons. The Labute approximate surface area is 257 Å². The molecule has 0 atom stereocenters. The molecule has 0 saturated heterocycles. The third-order valence-electron chi connectivity index (χ3n) is 7.47. The fourth-order valence-corrected chi connectivity index (χ4v) is 7.44. The van der Waals surface area contributed by atoms with Crippen LogP contribution in [0.1, 0.15) is 62.6 Å². The van der Waals surface area contributed by atoms with Gasteiger partial charge in [-0.25, -0.2) is 8.42 Å². The van der Waals surface area contributed by atoms with Crippen molar-refractivity contribution in [1.82, 2.24) is 8.87 Å². The van der Waals surface area contributed by atoms with Crippen molar-refractivity contribution < 1.29 is 17.6 Å². The number of furan rings is 1. The number of sulfonamides is 1. The molecule has 0 fully saturated rings. The second-order valence-corrected chi connectivity index (χ2v) is 14.8. The molecular weight excluding hydrogens is 581 g/mol. The van der Waals surface area contributed by atoms with E-state index in [2.05, 4.69) is 19.1 Å². The zero-order valence-corrected chi connectivity index (χ0v) is 27.8. The highest BCUT2D eigenvalue weighted by Gasteiger charge is 2.22. The van der Waals surface area contributed by atoms with Gasteiger partial charge in [-0.2, -0.15) is 4.31 Å². The Morgan fingerprint density at radius 3 is 2.14 bits per heavy atom. The lowest BCUT2D eigenvalue weighted by Gasteiger charge is -2.18. The van der Waals surface area contributed by atoms with Gasteiger partial charge in [0.2, 0.25) is 10.0 Å². The molecule has 2 heterocycles. The highest BCUT2D eigenvalue weighted by molar-refractivity contribution is 7.89. The first-order valence-electron chi connectivity index (χ1n) is 14.4. The number of rotatable bonds is 9. The quantitative estimate of drug-likeness (QED) is 0.250. The fraction of sp³-hybridized carbons (Fsp3) is 0.353. The zero-order chi connectivity index (χ0) is 31.7. The molecule has 0 amide bonds. The van der Waals surface area contributed by atoms with E-state index >= 15 is 0 Å². The lowest BCUT2D eigenvalue weighted by Crippen LogP contribution is -2.33. The van der Waals surface area contributed by atoms with Gasteiger partial charge in [-0.3, -0.25) is 14.2 Å². The Morgan fingerprint density at radius 2 is 1.58 bits per heavy atom. The van der Waals surface area contributed by atoms with Gasteiger partial charge in [0.25, 0.3) is 5.56 Å². The van der Waals surface area contributed by atoms with Crippen molar-refractivity contribution in [1.29, 1.82) is 0 Å². The van der Waals surface area contributed by atoms with Crippen molar-refractivity contribution in [3.8, 4) is 11.3 Å². The summed E-state index contributed by atoms with van der Waals surface area (Å²) < 4.78 is 35.9. The molecule has 4 rings (SSSR count). The second kappa shape index (κ2) is 12.6. The van der Waals surface area contributed by atoms with Crippen LogP contribution in [0.15, 0.2) is 62.6 Å². The Kier molecular flexibility index (Phi) is 9.49. The topological polar surface area (TPSA) is 89.6 Å². The number of carbonyl (C=O) groups is 1. The summed E-state index contributed by atoms with van der Waals surface area (Å²) in [5.41, 5.74) is 4.36. The summed E-state index contributed by atoms with van der Waals surface area (Å²) in [6.07, 6.45) is 3.27. The van der Waals surface area contributed by atoms with E-state index < -0.39 is 15.4 Å². The van der Waals surface area contributed by atoms with Gasteiger partial charge in [0.15, 0.2) is 5.78 Å². The van der Waals surface area contributed by atoms with Crippen LogP contribution in [-0.2, 0) is 21.4 Å². The van der Waals surface area contributed by atoms with E-state index in [1.165, 1.54) is 15.6 Å². The summed E-state index contributed by atoms with van der Waals surface area (Å²) in [5.74, 6) is 0.977. The number of thiazole rings is 1. The maximum absolute atomic E-state index is 13.7. The molecule has 0 N–H and O–H groups in total. The van der Waals surface area contributed by atoms with E-state index in [1.807, 2.05) is 48.5 Å². The van der Waals surface area contributed by atoms with Crippen molar-refractivity contribution in [2.75, 3.05) is 13.1 Å². The first-order valence-corrected chi connectivity index (χ1v) is 16.7. The van der Waals surface area contributed by atoms with Crippen molar-refractivity contribution in [2.24, 2.45) is 5.41 Å². The molecule has 0 saturated carbocycles. The highest BCUT2D eigenvalue weighted by Crippen LogP contribution is 2.25. The van der Waals surface area contributed by atoms with Gasteiger partial charge in [0.1, 0.15) is 16.2 Å². The van der Waals surface area contributed by atoms with Gasteiger partial charge >= 0.3 is 0 Å². The number of hydrogen-bond donors (Lipinski definition) is 0. The van der Waals surface area contributed by atoms with Crippen LogP contribution in [0.25, 0.3) is 23.5 Å². The monoisotopic (exact) mass is 620 g/mol. The zero-order valence-electron chi connectivity index (χ0n) is 26.1. The molecule has 228 valence electrons. The van der Waals surface area contributed by atoms with Crippen LogP contribution in [0.5, 0.6) is 0 Å². The molecule has 0 aliphatic rings. The Morgan fingerprint density at radius 1 is 0.977 bits per heavy atom. The van der Waals surface area contributed by atoms with E-state index in [-0.39, 0.29) is 16.2 Å². The molecule has 0 spiro atoms. The SMILES string of the molecule is CCN(CC)S(=O)(=O)c1ccc(-c2ccc(/C=c3\s/c(=C/C(=O)C(C)(C)C)n(Cc4c(C)cc(C)cc4C)c3=O)o2)cc1. The first kappa shape index (κ1) is 32.4. The number of benzene rings is 2. The van der Waals surface area contributed by atoms with Crippen LogP contribution in [0, 0.1) is 26.2 Å². The van der Waals surface area contributed by atoms with Crippen molar-refractivity contribution in [3.05, 3.63) is 96.1 Å². The summed E-state index contributed by atoms with van der Waals surface area (Å²) in [7, 11) is -3.56. The van der Waals surface area contributed by atoms with Gasteiger partial charge in [0.05, 0.1) is 16.0 Å². The number of aryl methyl sites for hydroxylation is 3. The van der Waals surface area contributed by atoms with Crippen LogP contribution in [0.3, 0.4) is 0 Å². The predicted molar refractivity (Wildman–Crippen MR) is 174 cm³/mol. The average Bonchev–Trinajstić information content (AvgIpc) is 3.51. The highest BCUT2D eigenvalue weighted by atomic mass is 32.2. The number of hydrogen-bond acceptors (Lipinski definition) is 6. The van der Waals surface area contributed by atoms with E-state index in [4.69, 9.17) is 4.42 Å². The summed E-state index contributed by atoms with van der Waals surface area (Å²) in [6, 6.07) is 14.4. The normalized spacial score (nSPS) is 13.3. The van der Waals surface area contributed by atoms with E-state index in [0.29, 0.717) is 40.3 Å². The number of nitrogens with zero attached hydrogens (tertiary/aromatic N) is 2. The van der Waals surface area contributed by atoms with E-state index in [1.54, 1.807) is 53.1 Å².